The van der Waals surface area contributed by atoms with Gasteiger partial charge in [-0.05, 0) is 38.1 Å². The summed E-state index contributed by atoms with van der Waals surface area (Å²) in [6, 6.07) is 9.75. The van der Waals surface area contributed by atoms with Gasteiger partial charge in [-0.2, -0.15) is 0 Å². The molecule has 1 saturated heterocycles. The number of rotatable bonds is 5. The molecule has 0 radical (unpaired) electrons. The largest absolute Gasteiger partial charge is 0.492 e. The molecule has 1 fully saturated rings. The number of carbonyl (C=O) groups is 1. The van der Waals surface area contributed by atoms with Gasteiger partial charge >= 0.3 is 5.97 Å². The summed E-state index contributed by atoms with van der Waals surface area (Å²) in [6.45, 7) is 7.23. The maximum atomic E-state index is 10.8. The molecule has 0 aliphatic carbocycles. The Morgan fingerprint density at radius 2 is 1.85 bits per heavy atom. The first kappa shape index (κ1) is 16.5. The number of para-hydroxylation sites is 1. The molecule has 4 heteroatoms. The van der Waals surface area contributed by atoms with Crippen LogP contribution in [-0.4, -0.2) is 42.2 Å². The maximum absolute atomic E-state index is 10.8. The van der Waals surface area contributed by atoms with Crippen molar-refractivity contribution in [3.05, 3.63) is 30.3 Å². The van der Waals surface area contributed by atoms with Crippen LogP contribution in [0.25, 0.3) is 0 Å². The van der Waals surface area contributed by atoms with E-state index < -0.39 is 5.97 Å². The molecule has 112 valence electrons. The quantitative estimate of drug-likeness (QED) is 0.900. The number of benzene rings is 1. The third-order valence-corrected chi connectivity index (χ3v) is 3.36. The molecule has 1 aliphatic rings. The highest BCUT2D eigenvalue weighted by Gasteiger charge is 2.23. The van der Waals surface area contributed by atoms with E-state index in [2.05, 4.69) is 4.90 Å². The second-order valence-corrected chi connectivity index (χ2v) is 4.62. The molecule has 0 spiro atoms. The average Bonchev–Trinajstić information content (AvgIpc) is 2.51. The van der Waals surface area contributed by atoms with Crippen molar-refractivity contribution < 1.29 is 14.6 Å². The van der Waals surface area contributed by atoms with Crippen molar-refractivity contribution in [1.82, 2.24) is 4.90 Å². The van der Waals surface area contributed by atoms with Gasteiger partial charge in [0.15, 0.2) is 0 Å². The Hall–Kier alpha value is -1.55. The van der Waals surface area contributed by atoms with Crippen molar-refractivity contribution in [2.24, 2.45) is 5.92 Å². The molecule has 0 saturated carbocycles. The molecule has 4 nitrogen and oxygen atoms in total. The van der Waals surface area contributed by atoms with Crippen molar-refractivity contribution in [3.8, 4) is 5.75 Å². The number of hydrogen-bond donors (Lipinski definition) is 1. The van der Waals surface area contributed by atoms with Gasteiger partial charge in [-0.15, -0.1) is 0 Å². The summed E-state index contributed by atoms with van der Waals surface area (Å²) in [5.74, 6) is 0.0735. The fourth-order valence-corrected chi connectivity index (χ4v) is 2.21. The van der Waals surface area contributed by atoms with Crippen LogP contribution in [0.3, 0.4) is 0 Å². The standard InChI is InChI=1S/C14H19NO3.C2H6/c16-14(17)12-6-8-15(9-7-12)10-11-18-13-4-2-1-3-5-13;1-2/h1-5,12H,6-11H2,(H,16,17);1-2H3. The fourth-order valence-electron chi connectivity index (χ4n) is 2.21. The van der Waals surface area contributed by atoms with Gasteiger partial charge in [0.1, 0.15) is 12.4 Å². The normalized spacial score (nSPS) is 16.1. The van der Waals surface area contributed by atoms with Crippen molar-refractivity contribution in [1.29, 1.82) is 0 Å². The molecule has 1 N–H and O–H groups in total. The molecular weight excluding hydrogens is 254 g/mol. The number of carboxylic acids is 1. The fraction of sp³-hybridized carbons (Fsp3) is 0.562. The number of likely N-dealkylation sites (tertiary alicyclic amines) is 1. The first-order valence-corrected chi connectivity index (χ1v) is 7.39. The van der Waals surface area contributed by atoms with Crippen LogP contribution < -0.4 is 4.74 Å². The summed E-state index contributed by atoms with van der Waals surface area (Å²) >= 11 is 0. The monoisotopic (exact) mass is 279 g/mol. The smallest absolute Gasteiger partial charge is 0.306 e. The minimum absolute atomic E-state index is 0.156. The van der Waals surface area contributed by atoms with Gasteiger partial charge in [0.25, 0.3) is 0 Å². The second kappa shape index (κ2) is 9.37. The molecule has 1 aromatic carbocycles. The van der Waals surface area contributed by atoms with Crippen LogP contribution in [0.4, 0.5) is 0 Å². The number of hydrogen-bond acceptors (Lipinski definition) is 3. The summed E-state index contributed by atoms with van der Waals surface area (Å²) < 4.78 is 5.63. The van der Waals surface area contributed by atoms with Crippen LogP contribution >= 0.6 is 0 Å². The van der Waals surface area contributed by atoms with E-state index in [1.807, 2.05) is 44.2 Å². The van der Waals surface area contributed by atoms with Crippen LogP contribution in [0, 0.1) is 5.92 Å². The van der Waals surface area contributed by atoms with E-state index >= 15 is 0 Å². The first-order valence-electron chi connectivity index (χ1n) is 7.39. The van der Waals surface area contributed by atoms with Crippen LogP contribution in [0.1, 0.15) is 26.7 Å². The van der Waals surface area contributed by atoms with Gasteiger partial charge in [0, 0.05) is 6.54 Å². The summed E-state index contributed by atoms with van der Waals surface area (Å²) in [4.78, 5) is 13.1. The van der Waals surface area contributed by atoms with Gasteiger partial charge in [0.05, 0.1) is 5.92 Å². The van der Waals surface area contributed by atoms with E-state index in [0.29, 0.717) is 6.61 Å². The molecule has 0 bridgehead atoms. The highest BCUT2D eigenvalue weighted by molar-refractivity contribution is 5.70. The first-order chi connectivity index (χ1) is 9.75. The number of nitrogens with zero attached hydrogens (tertiary/aromatic N) is 1. The third-order valence-electron chi connectivity index (χ3n) is 3.36. The van der Waals surface area contributed by atoms with Gasteiger partial charge in [-0.25, -0.2) is 0 Å². The topological polar surface area (TPSA) is 49.8 Å². The van der Waals surface area contributed by atoms with E-state index in [0.717, 1.165) is 38.2 Å². The second-order valence-electron chi connectivity index (χ2n) is 4.62. The minimum Gasteiger partial charge on any atom is -0.492 e. The van der Waals surface area contributed by atoms with Gasteiger partial charge in [-0.3, -0.25) is 9.69 Å². The van der Waals surface area contributed by atoms with E-state index in [1.165, 1.54) is 0 Å². The number of piperidine rings is 1. The molecule has 1 aliphatic heterocycles. The van der Waals surface area contributed by atoms with Crippen LogP contribution in [-0.2, 0) is 4.79 Å². The molecule has 2 rings (SSSR count). The van der Waals surface area contributed by atoms with Gasteiger partial charge < -0.3 is 9.84 Å². The molecular formula is C16H25NO3. The van der Waals surface area contributed by atoms with Crippen molar-refractivity contribution in [3.63, 3.8) is 0 Å². The van der Waals surface area contributed by atoms with E-state index in [9.17, 15) is 4.79 Å². The molecule has 0 atom stereocenters. The lowest BCUT2D eigenvalue weighted by Gasteiger charge is -2.29. The summed E-state index contributed by atoms with van der Waals surface area (Å²) in [6.07, 6.45) is 1.50. The Balaban J connectivity index is 0.000000956. The van der Waals surface area contributed by atoms with E-state index in [1.54, 1.807) is 0 Å². The zero-order valence-corrected chi connectivity index (χ0v) is 12.4. The van der Waals surface area contributed by atoms with Gasteiger partial charge in [-0.1, -0.05) is 32.0 Å². The lowest BCUT2D eigenvalue weighted by molar-refractivity contribution is -0.143. The molecule has 0 amide bonds. The molecule has 1 heterocycles. The summed E-state index contributed by atoms with van der Waals surface area (Å²) in [5, 5.41) is 8.91. The molecule has 0 aromatic heterocycles. The Morgan fingerprint density at radius 3 is 2.40 bits per heavy atom. The highest BCUT2D eigenvalue weighted by atomic mass is 16.5. The Kier molecular flexibility index (Phi) is 7.73. The van der Waals surface area contributed by atoms with Crippen LogP contribution in [0.15, 0.2) is 30.3 Å². The highest BCUT2D eigenvalue weighted by Crippen LogP contribution is 2.17. The molecule has 0 unspecified atom stereocenters. The average molecular weight is 279 g/mol. The lowest BCUT2D eigenvalue weighted by Crippen LogP contribution is -2.38. The van der Waals surface area contributed by atoms with Crippen molar-refractivity contribution >= 4 is 5.97 Å². The summed E-state index contributed by atoms with van der Waals surface area (Å²) in [5.41, 5.74) is 0. The van der Waals surface area contributed by atoms with Crippen LogP contribution in [0.2, 0.25) is 0 Å². The van der Waals surface area contributed by atoms with Crippen LogP contribution in [0.5, 0.6) is 5.75 Å². The van der Waals surface area contributed by atoms with Crippen molar-refractivity contribution in [2.45, 2.75) is 26.7 Å². The number of ether oxygens (including phenoxy) is 1. The predicted molar refractivity (Wildman–Crippen MR) is 80.1 cm³/mol. The predicted octanol–water partition coefficient (Wildman–Crippen LogP) is 2.89. The van der Waals surface area contributed by atoms with E-state index in [4.69, 9.17) is 9.84 Å². The Labute approximate surface area is 121 Å². The van der Waals surface area contributed by atoms with Crippen molar-refractivity contribution in [2.75, 3.05) is 26.2 Å². The number of aliphatic carboxylic acids is 1. The Morgan fingerprint density at radius 1 is 1.25 bits per heavy atom. The maximum Gasteiger partial charge on any atom is 0.306 e. The zero-order chi connectivity index (χ0) is 14.8. The summed E-state index contributed by atoms with van der Waals surface area (Å²) in [7, 11) is 0. The zero-order valence-electron chi connectivity index (χ0n) is 12.4. The SMILES string of the molecule is CC.O=C(O)C1CCN(CCOc2ccccc2)CC1. The van der Waals surface area contributed by atoms with Gasteiger partial charge in [0.2, 0.25) is 0 Å². The number of carboxylic acid groups (broad SMARTS) is 1. The third kappa shape index (κ3) is 5.61. The van der Waals surface area contributed by atoms with E-state index in [-0.39, 0.29) is 5.92 Å². The Bertz CT molecular complexity index is 373. The molecule has 20 heavy (non-hydrogen) atoms. The molecule has 1 aromatic rings. The lowest BCUT2D eigenvalue weighted by atomic mass is 9.97. The minimum atomic E-state index is -0.657.